The molecule has 0 aliphatic carbocycles. The predicted molar refractivity (Wildman–Crippen MR) is 84.7 cm³/mol. The van der Waals surface area contributed by atoms with Gasteiger partial charge in [0, 0.05) is 16.5 Å². The number of amides is 1. The maximum absolute atomic E-state index is 12.3. The van der Waals surface area contributed by atoms with Crippen LogP contribution < -0.4 is 5.32 Å². The normalized spacial score (nSPS) is 19.4. The zero-order valence-corrected chi connectivity index (χ0v) is 13.0. The second-order valence-electron chi connectivity index (χ2n) is 5.01. The lowest BCUT2D eigenvalue weighted by Gasteiger charge is -2.20. The van der Waals surface area contributed by atoms with Crippen LogP contribution in [0.1, 0.15) is 29.3 Å². The molecular weight excluding hydrogens is 306 g/mol. The summed E-state index contributed by atoms with van der Waals surface area (Å²) in [7, 11) is 0. The summed E-state index contributed by atoms with van der Waals surface area (Å²) in [5.41, 5.74) is 1.02. The standard InChI is InChI=1S/C16H16ClNO2S/c17-12-7-5-11(6-8-12)15(14-4-2-10-21-14)18-16(19)13-3-1-9-20-13/h2,4-8,10,13,15H,1,3,9H2,(H,18,19)/t13-,15-/m1/s1. The number of carbonyl (C=O) groups excluding carboxylic acids is 1. The summed E-state index contributed by atoms with van der Waals surface area (Å²) in [6.07, 6.45) is 1.42. The molecule has 1 amide bonds. The van der Waals surface area contributed by atoms with Gasteiger partial charge in [0.1, 0.15) is 6.10 Å². The lowest BCUT2D eigenvalue weighted by molar-refractivity contribution is -0.130. The van der Waals surface area contributed by atoms with E-state index in [0.717, 1.165) is 23.3 Å². The summed E-state index contributed by atoms with van der Waals surface area (Å²) in [5.74, 6) is -0.0409. The van der Waals surface area contributed by atoms with Crippen molar-refractivity contribution in [2.45, 2.75) is 25.0 Å². The lowest BCUT2D eigenvalue weighted by atomic mass is 10.0. The third-order valence-electron chi connectivity index (χ3n) is 3.54. The van der Waals surface area contributed by atoms with E-state index in [1.165, 1.54) is 0 Å². The third-order valence-corrected chi connectivity index (χ3v) is 4.73. The molecule has 1 aromatic heterocycles. The average molecular weight is 322 g/mol. The van der Waals surface area contributed by atoms with Gasteiger partial charge in [-0.15, -0.1) is 11.3 Å². The molecule has 110 valence electrons. The van der Waals surface area contributed by atoms with Gasteiger partial charge in [-0.05, 0) is 42.0 Å². The van der Waals surface area contributed by atoms with Crippen molar-refractivity contribution in [3.63, 3.8) is 0 Å². The number of halogens is 1. The topological polar surface area (TPSA) is 38.3 Å². The highest BCUT2D eigenvalue weighted by molar-refractivity contribution is 7.10. The number of carbonyl (C=O) groups is 1. The van der Waals surface area contributed by atoms with E-state index in [0.29, 0.717) is 11.6 Å². The van der Waals surface area contributed by atoms with E-state index in [-0.39, 0.29) is 18.1 Å². The smallest absolute Gasteiger partial charge is 0.249 e. The number of hydrogen-bond donors (Lipinski definition) is 1. The van der Waals surface area contributed by atoms with Crippen molar-refractivity contribution in [1.29, 1.82) is 0 Å². The van der Waals surface area contributed by atoms with E-state index in [9.17, 15) is 4.79 Å². The summed E-state index contributed by atoms with van der Waals surface area (Å²) in [4.78, 5) is 13.4. The van der Waals surface area contributed by atoms with Crippen molar-refractivity contribution in [3.05, 3.63) is 57.2 Å². The minimum absolute atomic E-state index is 0.0409. The Hall–Kier alpha value is -1.36. The second kappa shape index (κ2) is 6.60. The SMILES string of the molecule is O=C(N[C@H](c1ccc(Cl)cc1)c1cccs1)[C@H]1CCCO1. The van der Waals surface area contributed by atoms with Crippen LogP contribution in [-0.4, -0.2) is 18.6 Å². The lowest BCUT2D eigenvalue weighted by Crippen LogP contribution is -2.37. The maximum atomic E-state index is 12.3. The van der Waals surface area contributed by atoms with Crippen molar-refractivity contribution in [3.8, 4) is 0 Å². The fourth-order valence-electron chi connectivity index (χ4n) is 2.45. The molecule has 0 spiro atoms. The van der Waals surface area contributed by atoms with Gasteiger partial charge in [0.25, 0.3) is 0 Å². The number of hydrogen-bond acceptors (Lipinski definition) is 3. The van der Waals surface area contributed by atoms with E-state index < -0.39 is 0 Å². The molecule has 0 radical (unpaired) electrons. The van der Waals surface area contributed by atoms with E-state index in [4.69, 9.17) is 16.3 Å². The largest absolute Gasteiger partial charge is 0.368 e. The summed E-state index contributed by atoms with van der Waals surface area (Å²) >= 11 is 7.57. The van der Waals surface area contributed by atoms with Crippen molar-refractivity contribution >= 4 is 28.8 Å². The number of thiophene rings is 1. The fourth-order valence-corrected chi connectivity index (χ4v) is 3.38. The first-order chi connectivity index (χ1) is 10.2. The number of nitrogens with one attached hydrogen (secondary N) is 1. The van der Waals surface area contributed by atoms with Gasteiger partial charge < -0.3 is 10.1 Å². The molecule has 1 aromatic carbocycles. The van der Waals surface area contributed by atoms with Gasteiger partial charge in [-0.3, -0.25) is 4.79 Å². The molecule has 1 aliphatic rings. The first-order valence-electron chi connectivity index (χ1n) is 6.95. The molecule has 1 saturated heterocycles. The second-order valence-corrected chi connectivity index (χ2v) is 6.43. The van der Waals surface area contributed by atoms with Crippen molar-refractivity contribution in [2.75, 3.05) is 6.61 Å². The molecule has 3 nitrogen and oxygen atoms in total. The molecule has 3 rings (SSSR count). The van der Waals surface area contributed by atoms with Crippen LogP contribution in [0.3, 0.4) is 0 Å². The Balaban J connectivity index is 1.82. The van der Waals surface area contributed by atoms with Crippen molar-refractivity contribution in [1.82, 2.24) is 5.32 Å². The summed E-state index contributed by atoms with van der Waals surface area (Å²) < 4.78 is 5.46. The van der Waals surface area contributed by atoms with Crippen LogP contribution in [-0.2, 0) is 9.53 Å². The third kappa shape index (κ3) is 3.46. The Morgan fingerprint density at radius 3 is 2.76 bits per heavy atom. The number of ether oxygens (including phenoxy) is 1. The fraction of sp³-hybridized carbons (Fsp3) is 0.312. The van der Waals surface area contributed by atoms with Crippen LogP contribution in [0.5, 0.6) is 0 Å². The number of rotatable bonds is 4. The van der Waals surface area contributed by atoms with Gasteiger partial charge in [0.15, 0.2) is 0 Å². The molecule has 0 bridgehead atoms. The quantitative estimate of drug-likeness (QED) is 0.930. The number of benzene rings is 1. The van der Waals surface area contributed by atoms with E-state index in [1.807, 2.05) is 41.8 Å². The molecule has 2 atom stereocenters. The molecule has 1 aliphatic heterocycles. The zero-order chi connectivity index (χ0) is 14.7. The van der Waals surface area contributed by atoms with Gasteiger partial charge in [0.05, 0.1) is 6.04 Å². The Morgan fingerprint density at radius 2 is 2.14 bits per heavy atom. The van der Waals surface area contributed by atoms with Crippen LogP contribution in [0.15, 0.2) is 41.8 Å². The molecule has 1 N–H and O–H groups in total. The van der Waals surface area contributed by atoms with E-state index in [2.05, 4.69) is 5.32 Å². The average Bonchev–Trinajstić information content (AvgIpc) is 3.19. The maximum Gasteiger partial charge on any atom is 0.249 e. The summed E-state index contributed by atoms with van der Waals surface area (Å²) in [6.45, 7) is 0.669. The van der Waals surface area contributed by atoms with Crippen LogP contribution in [0.25, 0.3) is 0 Å². The van der Waals surface area contributed by atoms with Gasteiger partial charge in [-0.1, -0.05) is 29.8 Å². The summed E-state index contributed by atoms with van der Waals surface area (Å²) in [6, 6.07) is 11.4. The van der Waals surface area contributed by atoms with Gasteiger partial charge in [0.2, 0.25) is 5.91 Å². The van der Waals surface area contributed by atoms with Crippen LogP contribution >= 0.6 is 22.9 Å². The minimum atomic E-state index is -0.320. The monoisotopic (exact) mass is 321 g/mol. The highest BCUT2D eigenvalue weighted by Crippen LogP contribution is 2.27. The highest BCUT2D eigenvalue weighted by atomic mass is 35.5. The van der Waals surface area contributed by atoms with Gasteiger partial charge in [-0.25, -0.2) is 0 Å². The Labute approximate surface area is 132 Å². The molecule has 5 heteroatoms. The molecule has 1 fully saturated rings. The molecular formula is C16H16ClNO2S. The minimum Gasteiger partial charge on any atom is -0.368 e. The first kappa shape index (κ1) is 14.6. The van der Waals surface area contributed by atoms with Crippen molar-refractivity contribution < 1.29 is 9.53 Å². The Kier molecular flexibility index (Phi) is 4.58. The Bertz CT molecular complexity index is 591. The molecule has 0 unspecified atom stereocenters. The molecule has 0 saturated carbocycles. The zero-order valence-electron chi connectivity index (χ0n) is 11.4. The van der Waals surface area contributed by atoms with Crippen LogP contribution in [0, 0.1) is 0 Å². The van der Waals surface area contributed by atoms with E-state index >= 15 is 0 Å². The molecule has 21 heavy (non-hydrogen) atoms. The predicted octanol–water partition coefficient (Wildman–Crippen LogP) is 3.79. The molecule has 2 heterocycles. The summed E-state index contributed by atoms with van der Waals surface area (Å²) in [5, 5.41) is 5.80. The van der Waals surface area contributed by atoms with E-state index in [1.54, 1.807) is 11.3 Å². The van der Waals surface area contributed by atoms with Gasteiger partial charge >= 0.3 is 0 Å². The first-order valence-corrected chi connectivity index (χ1v) is 8.20. The Morgan fingerprint density at radius 1 is 1.33 bits per heavy atom. The highest BCUT2D eigenvalue weighted by Gasteiger charge is 2.27. The van der Waals surface area contributed by atoms with Crippen LogP contribution in [0.2, 0.25) is 5.02 Å². The molecule has 2 aromatic rings. The van der Waals surface area contributed by atoms with Gasteiger partial charge in [-0.2, -0.15) is 0 Å². The van der Waals surface area contributed by atoms with Crippen LogP contribution in [0.4, 0.5) is 0 Å². The van der Waals surface area contributed by atoms with Crippen molar-refractivity contribution in [2.24, 2.45) is 0 Å².